The summed E-state index contributed by atoms with van der Waals surface area (Å²) in [4.78, 5) is 12.3. The molecule has 1 aromatic carbocycles. The van der Waals surface area contributed by atoms with Crippen LogP contribution in [0.4, 0.5) is 36.4 Å². The van der Waals surface area contributed by atoms with Crippen LogP contribution in [0.3, 0.4) is 0 Å². The van der Waals surface area contributed by atoms with Crippen molar-refractivity contribution in [1.82, 2.24) is 9.78 Å². The number of furan rings is 1. The van der Waals surface area contributed by atoms with E-state index in [0.29, 0.717) is 16.8 Å². The number of ether oxygens (including phenoxy) is 1. The topological polar surface area (TPSA) is 69.3 Å². The van der Waals surface area contributed by atoms with Crippen LogP contribution in [0.15, 0.2) is 40.8 Å². The number of anilines is 1. The summed E-state index contributed by atoms with van der Waals surface area (Å²) >= 11 is 0. The highest BCUT2D eigenvalue weighted by Crippen LogP contribution is 2.28. The van der Waals surface area contributed by atoms with Crippen LogP contribution in [0.25, 0.3) is 0 Å². The van der Waals surface area contributed by atoms with Gasteiger partial charge in [-0.3, -0.25) is 9.48 Å². The van der Waals surface area contributed by atoms with Gasteiger partial charge in [0.05, 0.1) is 12.2 Å². The van der Waals surface area contributed by atoms with Gasteiger partial charge in [-0.05, 0) is 30.3 Å². The first-order chi connectivity index (χ1) is 14.6. The Bertz CT molecular complexity index is 1070. The van der Waals surface area contributed by atoms with Crippen LogP contribution in [0.1, 0.15) is 40.6 Å². The summed E-state index contributed by atoms with van der Waals surface area (Å²) in [6.45, 7) is -3.75. The number of nitrogens with zero attached hydrogens (tertiary/aromatic N) is 2. The van der Waals surface area contributed by atoms with Gasteiger partial charge in [0.25, 0.3) is 18.8 Å². The minimum absolute atomic E-state index is 0.0703. The normalized spacial score (nSPS) is 11.5. The molecule has 0 aliphatic rings. The highest BCUT2D eigenvalue weighted by molar-refractivity contribution is 6.03. The minimum Gasteiger partial charge on any atom is -0.454 e. The van der Waals surface area contributed by atoms with Gasteiger partial charge in [0, 0.05) is 6.07 Å². The summed E-state index contributed by atoms with van der Waals surface area (Å²) in [5.41, 5.74) is -1.89. The van der Waals surface area contributed by atoms with Crippen LogP contribution in [-0.2, 0) is 6.54 Å². The second-order valence-electron chi connectivity index (χ2n) is 5.99. The second-order valence-corrected chi connectivity index (χ2v) is 5.99. The summed E-state index contributed by atoms with van der Waals surface area (Å²) in [6.07, 6.45) is -6.14. The van der Waals surface area contributed by atoms with Crippen LogP contribution in [0.5, 0.6) is 5.75 Å². The fraction of sp³-hybridized carbons (Fsp3) is 0.222. The summed E-state index contributed by atoms with van der Waals surface area (Å²) in [7, 11) is 0. The van der Waals surface area contributed by atoms with E-state index in [-0.39, 0.29) is 17.2 Å². The van der Waals surface area contributed by atoms with Crippen LogP contribution in [0.2, 0.25) is 0 Å². The third-order valence-electron chi connectivity index (χ3n) is 3.88. The first-order valence-corrected chi connectivity index (χ1v) is 8.42. The van der Waals surface area contributed by atoms with Crippen molar-refractivity contribution in [1.29, 1.82) is 0 Å². The molecule has 2 aromatic heterocycles. The largest absolute Gasteiger partial charge is 0.454 e. The molecule has 3 rings (SSSR count). The Kier molecular flexibility index (Phi) is 6.51. The summed E-state index contributed by atoms with van der Waals surface area (Å²) < 4.78 is 99.7. The van der Waals surface area contributed by atoms with E-state index in [1.807, 2.05) is 0 Å². The number of carbonyl (C=O) groups is 1. The summed E-state index contributed by atoms with van der Waals surface area (Å²) in [5, 5.41) is 5.58. The first kappa shape index (κ1) is 22.2. The number of benzene rings is 1. The Morgan fingerprint density at radius 1 is 1.06 bits per heavy atom. The molecule has 13 heteroatoms. The van der Waals surface area contributed by atoms with Gasteiger partial charge in [-0.1, -0.05) is 0 Å². The summed E-state index contributed by atoms with van der Waals surface area (Å²) in [5.74, 6) is -2.89. The van der Waals surface area contributed by atoms with Gasteiger partial charge < -0.3 is 14.5 Å². The van der Waals surface area contributed by atoms with Gasteiger partial charge in [0.15, 0.2) is 11.5 Å². The van der Waals surface area contributed by atoms with E-state index >= 15 is 0 Å². The maximum Gasteiger partial charge on any atom is 0.387 e. The average Bonchev–Trinajstić information content (AvgIpc) is 3.31. The number of aromatic nitrogens is 2. The Balaban J connectivity index is 1.77. The van der Waals surface area contributed by atoms with Gasteiger partial charge in [0.1, 0.15) is 23.0 Å². The van der Waals surface area contributed by atoms with Crippen molar-refractivity contribution in [2.24, 2.45) is 0 Å². The van der Waals surface area contributed by atoms with Crippen LogP contribution in [0, 0.1) is 5.82 Å². The predicted molar refractivity (Wildman–Crippen MR) is 90.9 cm³/mol. The number of amides is 1. The molecular formula is C18H12F7N3O3. The minimum atomic E-state index is -3.27. The van der Waals surface area contributed by atoms with Crippen LogP contribution < -0.4 is 10.1 Å². The average molecular weight is 451 g/mol. The van der Waals surface area contributed by atoms with Crippen LogP contribution >= 0.6 is 0 Å². The molecule has 0 saturated carbocycles. The van der Waals surface area contributed by atoms with Gasteiger partial charge in [-0.2, -0.15) is 13.9 Å². The van der Waals surface area contributed by atoms with E-state index < -0.39 is 54.9 Å². The Morgan fingerprint density at radius 2 is 1.81 bits per heavy atom. The molecule has 3 aromatic rings. The molecule has 0 aliphatic carbocycles. The van der Waals surface area contributed by atoms with Gasteiger partial charge in [-0.15, -0.1) is 0 Å². The van der Waals surface area contributed by atoms with Crippen LogP contribution in [-0.4, -0.2) is 22.3 Å². The lowest BCUT2D eigenvalue weighted by Gasteiger charge is -2.11. The second kappa shape index (κ2) is 9.10. The quantitative estimate of drug-likeness (QED) is 0.466. The molecule has 0 aliphatic heterocycles. The molecule has 0 radical (unpaired) electrons. The monoisotopic (exact) mass is 451 g/mol. The predicted octanol–water partition coefficient (Wildman–Crippen LogP) is 5.39. The number of hydrogen-bond donors (Lipinski definition) is 1. The molecular weight excluding hydrogens is 439 g/mol. The molecule has 1 N–H and O–H groups in total. The lowest BCUT2D eigenvalue weighted by atomic mass is 10.2. The van der Waals surface area contributed by atoms with E-state index in [9.17, 15) is 35.5 Å². The Morgan fingerprint density at radius 3 is 2.45 bits per heavy atom. The smallest absolute Gasteiger partial charge is 0.387 e. The van der Waals surface area contributed by atoms with Crippen molar-refractivity contribution >= 4 is 11.6 Å². The van der Waals surface area contributed by atoms with E-state index in [1.54, 1.807) is 0 Å². The standard InChI is InChI=1S/C18H12F7N3O3/c19-8-1-3-10(14(5-8)31-18(24)25)26-17(29)13-4-2-9(30-13)7-28-12(16(22)23)6-11(27-28)15(20)21/h1-6,15-16,18H,7H2,(H,26,29). The molecule has 0 saturated heterocycles. The number of nitrogens with one attached hydrogen (secondary N) is 1. The van der Waals surface area contributed by atoms with Gasteiger partial charge >= 0.3 is 6.61 Å². The molecule has 31 heavy (non-hydrogen) atoms. The molecule has 0 unspecified atom stereocenters. The van der Waals surface area contributed by atoms with Gasteiger partial charge in [-0.25, -0.2) is 22.0 Å². The third-order valence-corrected chi connectivity index (χ3v) is 3.88. The lowest BCUT2D eigenvalue weighted by molar-refractivity contribution is -0.0495. The zero-order valence-corrected chi connectivity index (χ0v) is 15.2. The van der Waals surface area contributed by atoms with Crippen molar-refractivity contribution in [3.8, 4) is 5.75 Å². The highest BCUT2D eigenvalue weighted by atomic mass is 19.3. The number of halogens is 7. The zero-order valence-electron chi connectivity index (χ0n) is 15.2. The van der Waals surface area contributed by atoms with Crippen molar-refractivity contribution in [3.05, 3.63) is 65.1 Å². The number of hydrogen-bond acceptors (Lipinski definition) is 4. The molecule has 1 amide bonds. The maximum atomic E-state index is 13.2. The summed E-state index contributed by atoms with van der Waals surface area (Å²) in [6, 6.07) is 5.44. The van der Waals surface area contributed by atoms with Gasteiger partial charge in [0.2, 0.25) is 0 Å². The van der Waals surface area contributed by atoms with Crippen molar-refractivity contribution in [2.75, 3.05) is 5.32 Å². The Hall–Kier alpha value is -3.51. The van der Waals surface area contributed by atoms with E-state index in [2.05, 4.69) is 15.2 Å². The van der Waals surface area contributed by atoms with Crippen molar-refractivity contribution in [3.63, 3.8) is 0 Å². The number of alkyl halides is 6. The lowest BCUT2D eigenvalue weighted by Crippen LogP contribution is -2.13. The van der Waals surface area contributed by atoms with Crippen molar-refractivity contribution < 1.29 is 44.7 Å². The first-order valence-electron chi connectivity index (χ1n) is 8.42. The number of carbonyl (C=O) groups excluding carboxylic acids is 1. The van der Waals surface area contributed by atoms with E-state index in [1.165, 1.54) is 6.07 Å². The molecule has 0 spiro atoms. The molecule has 0 bridgehead atoms. The van der Waals surface area contributed by atoms with E-state index in [4.69, 9.17) is 4.42 Å². The van der Waals surface area contributed by atoms with E-state index in [0.717, 1.165) is 18.2 Å². The molecule has 166 valence electrons. The number of rotatable bonds is 8. The molecule has 2 heterocycles. The maximum absolute atomic E-state index is 13.2. The Labute approximate surface area is 169 Å². The molecule has 6 nitrogen and oxygen atoms in total. The zero-order chi connectivity index (χ0) is 22.7. The van der Waals surface area contributed by atoms with Crippen molar-refractivity contribution in [2.45, 2.75) is 26.0 Å². The third kappa shape index (κ3) is 5.35. The fourth-order valence-electron chi connectivity index (χ4n) is 2.57. The highest BCUT2D eigenvalue weighted by Gasteiger charge is 2.22. The molecule has 0 atom stereocenters. The molecule has 0 fully saturated rings. The fourth-order valence-corrected chi connectivity index (χ4v) is 2.57. The SMILES string of the molecule is O=C(Nc1ccc(F)cc1OC(F)F)c1ccc(Cn2nc(C(F)F)cc2C(F)F)o1.